The van der Waals surface area contributed by atoms with Crippen molar-refractivity contribution in [2.24, 2.45) is 0 Å². The topological polar surface area (TPSA) is 37.4 Å². The van der Waals surface area contributed by atoms with Crippen LogP contribution in [0.3, 0.4) is 0 Å². The maximum Gasteiger partial charge on any atom is 0.254 e. The summed E-state index contributed by atoms with van der Waals surface area (Å²) in [4.78, 5) is 26.9. The van der Waals surface area contributed by atoms with Gasteiger partial charge in [0.15, 0.2) is 5.78 Å². The van der Waals surface area contributed by atoms with Gasteiger partial charge in [-0.15, -0.1) is 0 Å². The molecule has 3 aromatic rings. The van der Waals surface area contributed by atoms with E-state index in [4.69, 9.17) is 0 Å². The van der Waals surface area contributed by atoms with Crippen LogP contribution < -0.4 is 0 Å². The Bertz CT molecular complexity index is 936. The summed E-state index contributed by atoms with van der Waals surface area (Å²) in [5.74, 6) is -0.554. The standard InChI is InChI=1S/C23H20FNO2/c1-2-25(16-17-7-6-10-21(24)15-17)23(27)20-13-11-19(12-14-20)22(26)18-8-4-3-5-9-18/h3-15H,2,16H2,1H3. The van der Waals surface area contributed by atoms with Crippen LogP contribution in [0.4, 0.5) is 4.39 Å². The third-order valence-corrected chi connectivity index (χ3v) is 4.36. The molecular weight excluding hydrogens is 341 g/mol. The largest absolute Gasteiger partial charge is 0.335 e. The number of rotatable bonds is 6. The van der Waals surface area contributed by atoms with Crippen LogP contribution in [-0.2, 0) is 6.54 Å². The Morgan fingerprint density at radius 3 is 2.07 bits per heavy atom. The zero-order valence-corrected chi connectivity index (χ0v) is 15.1. The van der Waals surface area contributed by atoms with Crippen LogP contribution in [0.25, 0.3) is 0 Å². The monoisotopic (exact) mass is 361 g/mol. The highest BCUT2D eigenvalue weighted by atomic mass is 19.1. The molecule has 0 N–H and O–H groups in total. The van der Waals surface area contributed by atoms with Crippen molar-refractivity contribution in [3.05, 3.63) is 107 Å². The summed E-state index contributed by atoms with van der Waals surface area (Å²) in [6.07, 6.45) is 0. The summed E-state index contributed by atoms with van der Waals surface area (Å²) in [5, 5.41) is 0. The van der Waals surface area contributed by atoms with Crippen LogP contribution in [0, 0.1) is 5.82 Å². The molecule has 0 aliphatic heterocycles. The van der Waals surface area contributed by atoms with Crippen molar-refractivity contribution in [1.82, 2.24) is 4.90 Å². The average molecular weight is 361 g/mol. The molecule has 0 saturated carbocycles. The van der Waals surface area contributed by atoms with Gasteiger partial charge in [0, 0.05) is 29.8 Å². The minimum absolute atomic E-state index is 0.0818. The van der Waals surface area contributed by atoms with Crippen molar-refractivity contribution in [3.63, 3.8) is 0 Å². The molecule has 0 unspecified atom stereocenters. The summed E-state index contributed by atoms with van der Waals surface area (Å²) >= 11 is 0. The zero-order valence-electron chi connectivity index (χ0n) is 15.1. The van der Waals surface area contributed by atoms with Gasteiger partial charge < -0.3 is 4.90 Å². The third-order valence-electron chi connectivity index (χ3n) is 4.36. The Morgan fingerprint density at radius 2 is 1.44 bits per heavy atom. The fourth-order valence-corrected chi connectivity index (χ4v) is 2.89. The number of carbonyl (C=O) groups excluding carboxylic acids is 2. The highest BCUT2D eigenvalue weighted by Gasteiger charge is 2.16. The molecule has 0 spiro atoms. The zero-order chi connectivity index (χ0) is 19.2. The fourth-order valence-electron chi connectivity index (χ4n) is 2.89. The fraction of sp³-hybridized carbons (Fsp3) is 0.130. The SMILES string of the molecule is CCN(Cc1cccc(F)c1)C(=O)c1ccc(C(=O)c2ccccc2)cc1. The molecule has 3 rings (SSSR count). The van der Waals surface area contributed by atoms with E-state index in [1.807, 2.05) is 25.1 Å². The molecule has 0 atom stereocenters. The van der Waals surface area contributed by atoms with Gasteiger partial charge in [-0.2, -0.15) is 0 Å². The molecule has 0 heterocycles. The summed E-state index contributed by atoms with van der Waals surface area (Å²) in [7, 11) is 0. The van der Waals surface area contributed by atoms with E-state index in [0.29, 0.717) is 29.8 Å². The Balaban J connectivity index is 1.75. The highest BCUT2D eigenvalue weighted by molar-refractivity contribution is 6.09. The van der Waals surface area contributed by atoms with Gasteiger partial charge in [0.2, 0.25) is 0 Å². The Morgan fingerprint density at radius 1 is 0.815 bits per heavy atom. The number of nitrogens with zero attached hydrogens (tertiary/aromatic N) is 1. The maximum absolute atomic E-state index is 13.4. The maximum atomic E-state index is 13.4. The van der Waals surface area contributed by atoms with E-state index in [1.165, 1.54) is 12.1 Å². The van der Waals surface area contributed by atoms with Gasteiger partial charge in [0.25, 0.3) is 5.91 Å². The first-order valence-corrected chi connectivity index (χ1v) is 8.82. The normalized spacial score (nSPS) is 10.4. The molecule has 0 aromatic heterocycles. The predicted octanol–water partition coefficient (Wildman–Crippen LogP) is 4.72. The van der Waals surface area contributed by atoms with E-state index >= 15 is 0 Å². The lowest BCUT2D eigenvalue weighted by Crippen LogP contribution is -2.30. The second-order valence-electron chi connectivity index (χ2n) is 6.22. The second-order valence-corrected chi connectivity index (χ2v) is 6.22. The van der Waals surface area contributed by atoms with E-state index in [9.17, 15) is 14.0 Å². The van der Waals surface area contributed by atoms with Gasteiger partial charge in [0.05, 0.1) is 0 Å². The summed E-state index contributed by atoms with van der Waals surface area (Å²) in [5.41, 5.74) is 2.38. The molecule has 0 aliphatic rings. The lowest BCUT2D eigenvalue weighted by Gasteiger charge is -2.21. The van der Waals surface area contributed by atoms with Crippen LogP contribution in [0.1, 0.15) is 38.8 Å². The molecule has 0 bridgehead atoms. The van der Waals surface area contributed by atoms with Crippen molar-refractivity contribution in [2.45, 2.75) is 13.5 Å². The number of hydrogen-bond acceptors (Lipinski definition) is 2. The molecule has 0 fully saturated rings. The molecule has 0 radical (unpaired) electrons. The highest BCUT2D eigenvalue weighted by Crippen LogP contribution is 2.14. The van der Waals surface area contributed by atoms with Gasteiger partial charge in [-0.25, -0.2) is 4.39 Å². The molecule has 27 heavy (non-hydrogen) atoms. The summed E-state index contributed by atoms with van der Waals surface area (Å²) in [6, 6.07) is 21.9. The number of benzene rings is 3. The van der Waals surface area contributed by atoms with Gasteiger partial charge >= 0.3 is 0 Å². The van der Waals surface area contributed by atoms with Gasteiger partial charge in [0.1, 0.15) is 5.82 Å². The Hall–Kier alpha value is -3.27. The van der Waals surface area contributed by atoms with Gasteiger partial charge in [-0.3, -0.25) is 9.59 Å². The van der Waals surface area contributed by atoms with Crippen LogP contribution in [-0.4, -0.2) is 23.1 Å². The van der Waals surface area contributed by atoms with Crippen molar-refractivity contribution in [3.8, 4) is 0 Å². The van der Waals surface area contributed by atoms with Crippen molar-refractivity contribution in [1.29, 1.82) is 0 Å². The molecular formula is C23H20FNO2. The van der Waals surface area contributed by atoms with Crippen LogP contribution >= 0.6 is 0 Å². The van der Waals surface area contributed by atoms with E-state index in [2.05, 4.69) is 0 Å². The first-order chi connectivity index (χ1) is 13.1. The average Bonchev–Trinajstić information content (AvgIpc) is 2.72. The smallest absolute Gasteiger partial charge is 0.254 e. The number of ketones is 1. The quantitative estimate of drug-likeness (QED) is 0.596. The molecule has 136 valence electrons. The van der Waals surface area contributed by atoms with Crippen LogP contribution in [0.2, 0.25) is 0 Å². The number of halogens is 1. The van der Waals surface area contributed by atoms with E-state index in [-0.39, 0.29) is 17.5 Å². The molecule has 4 heteroatoms. The van der Waals surface area contributed by atoms with Crippen molar-refractivity contribution in [2.75, 3.05) is 6.54 Å². The van der Waals surface area contributed by atoms with Crippen LogP contribution in [0.5, 0.6) is 0 Å². The molecule has 0 saturated heterocycles. The van der Waals surface area contributed by atoms with E-state index in [0.717, 1.165) is 5.56 Å². The first-order valence-electron chi connectivity index (χ1n) is 8.82. The lowest BCUT2D eigenvalue weighted by atomic mass is 10.0. The van der Waals surface area contributed by atoms with E-state index in [1.54, 1.807) is 53.4 Å². The number of carbonyl (C=O) groups is 2. The summed E-state index contributed by atoms with van der Waals surface area (Å²) < 4.78 is 13.4. The lowest BCUT2D eigenvalue weighted by molar-refractivity contribution is 0.0752. The van der Waals surface area contributed by atoms with Gasteiger partial charge in [-0.05, 0) is 36.8 Å². The van der Waals surface area contributed by atoms with Crippen molar-refractivity contribution >= 4 is 11.7 Å². The minimum Gasteiger partial charge on any atom is -0.335 e. The Kier molecular flexibility index (Phi) is 5.77. The number of hydrogen-bond donors (Lipinski definition) is 0. The van der Waals surface area contributed by atoms with Gasteiger partial charge in [-0.1, -0.05) is 54.6 Å². The number of amides is 1. The molecule has 3 aromatic carbocycles. The molecule has 0 aliphatic carbocycles. The predicted molar refractivity (Wildman–Crippen MR) is 103 cm³/mol. The van der Waals surface area contributed by atoms with Crippen molar-refractivity contribution < 1.29 is 14.0 Å². The third kappa shape index (κ3) is 4.47. The van der Waals surface area contributed by atoms with E-state index < -0.39 is 0 Å². The summed E-state index contributed by atoms with van der Waals surface area (Å²) in [6.45, 7) is 2.71. The molecule has 1 amide bonds. The first kappa shape index (κ1) is 18.5. The molecule has 3 nitrogen and oxygen atoms in total. The Labute approximate surface area is 158 Å². The van der Waals surface area contributed by atoms with Crippen LogP contribution in [0.15, 0.2) is 78.9 Å². The minimum atomic E-state index is -0.320. The second kappa shape index (κ2) is 8.41.